The molecular formula is C7H11NO2. The van der Waals surface area contributed by atoms with Crippen molar-refractivity contribution in [1.82, 2.24) is 4.90 Å². The summed E-state index contributed by atoms with van der Waals surface area (Å²) in [6.45, 7) is 1.03. The Morgan fingerprint density at radius 1 is 1.70 bits per heavy atom. The average Bonchev–Trinajstić information content (AvgIpc) is 2.26. The monoisotopic (exact) mass is 141 g/mol. The van der Waals surface area contributed by atoms with E-state index in [9.17, 15) is 4.79 Å². The quantitative estimate of drug-likeness (QED) is 0.505. The van der Waals surface area contributed by atoms with E-state index in [0.717, 1.165) is 19.4 Å². The van der Waals surface area contributed by atoms with E-state index in [1.54, 1.807) is 0 Å². The summed E-state index contributed by atoms with van der Waals surface area (Å²) in [6, 6.07) is 0.477. The zero-order valence-electron chi connectivity index (χ0n) is 5.79. The van der Waals surface area contributed by atoms with Crippen LogP contribution in [0.3, 0.4) is 0 Å². The summed E-state index contributed by atoms with van der Waals surface area (Å²) in [6.07, 6.45) is 1.73. The average molecular weight is 141 g/mol. The van der Waals surface area contributed by atoms with Gasteiger partial charge in [0.1, 0.15) is 0 Å². The van der Waals surface area contributed by atoms with Crippen molar-refractivity contribution in [3.8, 4) is 0 Å². The van der Waals surface area contributed by atoms with Crippen molar-refractivity contribution >= 4 is 5.91 Å². The molecule has 1 amide bonds. The van der Waals surface area contributed by atoms with Gasteiger partial charge in [0.2, 0.25) is 5.91 Å². The Labute approximate surface area is 59.6 Å². The summed E-state index contributed by atoms with van der Waals surface area (Å²) >= 11 is 0. The van der Waals surface area contributed by atoms with Crippen LogP contribution < -0.4 is 0 Å². The second-order valence-corrected chi connectivity index (χ2v) is 3.19. The molecule has 0 aromatic carbocycles. The molecule has 10 heavy (non-hydrogen) atoms. The summed E-state index contributed by atoms with van der Waals surface area (Å²) < 4.78 is 0. The summed E-state index contributed by atoms with van der Waals surface area (Å²) in [5.41, 5.74) is 0. The van der Waals surface area contributed by atoms with Crippen LogP contribution in [0.1, 0.15) is 12.8 Å². The molecule has 2 atom stereocenters. The van der Waals surface area contributed by atoms with E-state index in [2.05, 4.69) is 0 Å². The van der Waals surface area contributed by atoms with Gasteiger partial charge in [-0.3, -0.25) is 4.79 Å². The maximum Gasteiger partial charge on any atom is 0.224 e. The number of rotatable bonds is 1. The lowest BCUT2D eigenvalue weighted by atomic mass is 10.0. The first-order valence-corrected chi connectivity index (χ1v) is 3.71. The first-order chi connectivity index (χ1) is 4.81. The van der Waals surface area contributed by atoms with Gasteiger partial charge in [-0.1, -0.05) is 0 Å². The Morgan fingerprint density at radius 3 is 3.00 bits per heavy atom. The third-order valence-corrected chi connectivity index (χ3v) is 2.49. The summed E-state index contributed by atoms with van der Waals surface area (Å²) in [5, 5.41) is 8.78. The van der Waals surface area contributed by atoms with Gasteiger partial charge < -0.3 is 10.0 Å². The Hall–Kier alpha value is -0.570. The highest BCUT2D eigenvalue weighted by Gasteiger charge is 2.43. The third-order valence-electron chi connectivity index (χ3n) is 2.49. The van der Waals surface area contributed by atoms with E-state index in [0.29, 0.717) is 12.0 Å². The molecular weight excluding hydrogens is 130 g/mol. The first kappa shape index (κ1) is 6.16. The second-order valence-electron chi connectivity index (χ2n) is 3.19. The predicted octanol–water partition coefficient (Wildman–Crippen LogP) is -0.401. The second kappa shape index (κ2) is 1.95. The molecule has 0 aromatic heterocycles. The van der Waals surface area contributed by atoms with Crippen molar-refractivity contribution in [3.63, 3.8) is 0 Å². The summed E-state index contributed by atoms with van der Waals surface area (Å²) in [7, 11) is 0. The molecule has 3 nitrogen and oxygen atoms in total. The molecule has 56 valence electrons. The van der Waals surface area contributed by atoms with Crippen LogP contribution in [0.5, 0.6) is 0 Å². The number of carbonyl (C=O) groups is 1. The number of amides is 1. The van der Waals surface area contributed by atoms with Crippen molar-refractivity contribution in [3.05, 3.63) is 0 Å². The van der Waals surface area contributed by atoms with Crippen LogP contribution in [0.25, 0.3) is 0 Å². The molecule has 3 heteroatoms. The molecule has 2 saturated heterocycles. The normalized spacial score (nSPS) is 37.7. The summed E-state index contributed by atoms with van der Waals surface area (Å²) in [5.74, 6) is 0.623. The number of nitrogens with zero attached hydrogens (tertiary/aromatic N) is 1. The van der Waals surface area contributed by atoms with Crippen LogP contribution in [-0.2, 0) is 4.79 Å². The zero-order chi connectivity index (χ0) is 7.14. The van der Waals surface area contributed by atoms with Gasteiger partial charge in [0.25, 0.3) is 0 Å². The Bertz CT molecular complexity index is 169. The smallest absolute Gasteiger partial charge is 0.224 e. The molecule has 0 saturated carbocycles. The van der Waals surface area contributed by atoms with Crippen LogP contribution in [0.4, 0.5) is 0 Å². The highest BCUT2D eigenvalue weighted by molar-refractivity contribution is 5.83. The van der Waals surface area contributed by atoms with E-state index in [1.165, 1.54) is 0 Å². The Morgan fingerprint density at radius 2 is 2.50 bits per heavy atom. The van der Waals surface area contributed by atoms with Gasteiger partial charge in [0.15, 0.2) is 0 Å². The van der Waals surface area contributed by atoms with Crippen molar-refractivity contribution in [2.24, 2.45) is 5.92 Å². The molecule has 2 heterocycles. The lowest BCUT2D eigenvalue weighted by Gasteiger charge is -2.33. The highest BCUT2D eigenvalue weighted by atomic mass is 16.3. The fourth-order valence-electron chi connectivity index (χ4n) is 1.85. The Balaban J connectivity index is 1.99. The van der Waals surface area contributed by atoms with E-state index in [-0.39, 0.29) is 12.5 Å². The minimum Gasteiger partial charge on any atom is -0.396 e. The van der Waals surface area contributed by atoms with Gasteiger partial charge in [0, 0.05) is 31.5 Å². The van der Waals surface area contributed by atoms with E-state index in [4.69, 9.17) is 5.11 Å². The lowest BCUT2D eigenvalue weighted by molar-refractivity contribution is -0.142. The van der Waals surface area contributed by atoms with Gasteiger partial charge in [-0.15, -0.1) is 0 Å². The molecule has 0 aliphatic carbocycles. The SMILES string of the molecule is O=C1CC2CC(CO)CN12. The maximum atomic E-state index is 10.8. The molecule has 1 N–H and O–H groups in total. The molecule has 2 fully saturated rings. The lowest BCUT2D eigenvalue weighted by Crippen LogP contribution is -2.48. The van der Waals surface area contributed by atoms with Crippen LogP contribution in [0.2, 0.25) is 0 Å². The predicted molar refractivity (Wildman–Crippen MR) is 35.3 cm³/mol. The van der Waals surface area contributed by atoms with Crippen LogP contribution >= 0.6 is 0 Å². The fraction of sp³-hybridized carbons (Fsp3) is 0.857. The van der Waals surface area contributed by atoms with E-state index >= 15 is 0 Å². The molecule has 2 unspecified atom stereocenters. The van der Waals surface area contributed by atoms with Crippen LogP contribution in [-0.4, -0.2) is 35.1 Å². The minimum atomic E-state index is 0.236. The molecule has 2 rings (SSSR count). The minimum absolute atomic E-state index is 0.236. The topological polar surface area (TPSA) is 40.5 Å². The largest absolute Gasteiger partial charge is 0.396 e. The number of carbonyl (C=O) groups excluding carboxylic acids is 1. The van der Waals surface area contributed by atoms with Crippen molar-refractivity contribution in [1.29, 1.82) is 0 Å². The van der Waals surface area contributed by atoms with E-state index < -0.39 is 0 Å². The molecule has 0 spiro atoms. The number of aliphatic hydroxyl groups is 1. The van der Waals surface area contributed by atoms with Gasteiger partial charge in [-0.25, -0.2) is 0 Å². The van der Waals surface area contributed by atoms with E-state index in [1.807, 2.05) is 4.90 Å². The molecule has 0 radical (unpaired) electrons. The number of fused-ring (bicyclic) bond motifs is 1. The number of β-lactam (4-membered cyclic amide) rings is 1. The molecule has 2 aliphatic rings. The molecule has 0 aromatic rings. The highest BCUT2D eigenvalue weighted by Crippen LogP contribution is 2.33. The van der Waals surface area contributed by atoms with Gasteiger partial charge in [-0.2, -0.15) is 0 Å². The van der Waals surface area contributed by atoms with Crippen molar-refractivity contribution in [2.75, 3.05) is 13.2 Å². The maximum absolute atomic E-state index is 10.8. The summed E-state index contributed by atoms with van der Waals surface area (Å²) in [4.78, 5) is 12.7. The first-order valence-electron chi connectivity index (χ1n) is 3.71. The Kier molecular flexibility index (Phi) is 1.20. The number of hydrogen-bond acceptors (Lipinski definition) is 2. The van der Waals surface area contributed by atoms with Crippen molar-refractivity contribution < 1.29 is 9.90 Å². The number of hydrogen-bond donors (Lipinski definition) is 1. The zero-order valence-corrected chi connectivity index (χ0v) is 5.79. The molecule has 0 bridgehead atoms. The molecule has 2 aliphatic heterocycles. The van der Waals surface area contributed by atoms with Crippen LogP contribution in [0.15, 0.2) is 0 Å². The number of aliphatic hydroxyl groups excluding tert-OH is 1. The fourth-order valence-corrected chi connectivity index (χ4v) is 1.85. The van der Waals surface area contributed by atoms with Gasteiger partial charge in [-0.05, 0) is 6.42 Å². The third kappa shape index (κ3) is 0.669. The van der Waals surface area contributed by atoms with Crippen molar-refractivity contribution in [2.45, 2.75) is 18.9 Å². The standard InChI is InChI=1S/C7H11NO2/c9-4-5-1-6-2-7(10)8(6)3-5/h5-6,9H,1-4H2. The van der Waals surface area contributed by atoms with Gasteiger partial charge in [0.05, 0.1) is 0 Å². The van der Waals surface area contributed by atoms with Crippen LogP contribution in [0, 0.1) is 5.92 Å². The van der Waals surface area contributed by atoms with Gasteiger partial charge >= 0.3 is 0 Å².